The number of fused-ring (bicyclic) bond motifs is 3. The number of aromatic nitrogens is 6. The van der Waals surface area contributed by atoms with Crippen LogP contribution in [-0.2, 0) is 50.0 Å². The van der Waals surface area contributed by atoms with E-state index in [4.69, 9.17) is 19.9 Å². The molecular formula is C97H137Cl2IN12Na2O17. The number of carboxylic acids is 1. The van der Waals surface area contributed by atoms with Crippen molar-refractivity contribution in [1.29, 1.82) is 0 Å². The third-order valence-corrected chi connectivity index (χ3v) is 25.7. The van der Waals surface area contributed by atoms with Gasteiger partial charge < -0.3 is 55.2 Å². The summed E-state index contributed by atoms with van der Waals surface area (Å²) < 4.78 is 20.8. The number of aliphatic carboxylic acids is 1. The van der Waals surface area contributed by atoms with Gasteiger partial charge in [-0.2, -0.15) is 0 Å². The Hall–Kier alpha value is -7.41. The number of carboxylic acid groups (broad SMARTS) is 1. The minimum absolute atomic E-state index is 0. The summed E-state index contributed by atoms with van der Waals surface area (Å²) in [6, 6.07) is 30.9. The van der Waals surface area contributed by atoms with Crippen molar-refractivity contribution in [3.63, 3.8) is 0 Å². The van der Waals surface area contributed by atoms with Crippen LogP contribution in [0, 0.1) is 0 Å². The number of aromatic amines is 2. The third kappa shape index (κ3) is 31.3. The molecule has 29 nitrogen and oxygen atoms in total. The van der Waals surface area contributed by atoms with Gasteiger partial charge in [-0.15, -0.1) is 0 Å². The quantitative estimate of drug-likeness (QED) is 0.0115. The molecule has 7 aromatic rings. The van der Waals surface area contributed by atoms with Crippen molar-refractivity contribution < 1.29 is 113 Å². The number of anilines is 2. The molecule has 131 heavy (non-hydrogen) atoms. The Bertz CT molecular complexity index is 5430. The van der Waals surface area contributed by atoms with Crippen LogP contribution in [0.3, 0.4) is 0 Å². The Morgan fingerprint density at radius 3 is 1.02 bits per heavy atom. The number of ether oxygens (including phenoxy) is 3. The van der Waals surface area contributed by atoms with Gasteiger partial charge in [-0.3, -0.25) is 71.7 Å². The minimum atomic E-state index is -1.27. The number of hydrogen-bond donors (Lipinski definition) is 4. The van der Waals surface area contributed by atoms with Crippen LogP contribution >= 0.6 is 45.8 Å². The van der Waals surface area contributed by atoms with E-state index in [-0.39, 0.29) is 112 Å². The van der Waals surface area contributed by atoms with Crippen LogP contribution in [-0.4, -0.2) is 190 Å². The number of nitrogen functional groups attached to an aromatic ring is 1. The number of methoxy groups -OCH3 is 3. The molecule has 0 atom stereocenters. The van der Waals surface area contributed by atoms with Crippen molar-refractivity contribution in [3.8, 4) is 0 Å². The van der Waals surface area contributed by atoms with Gasteiger partial charge in [0.15, 0.2) is 0 Å². The van der Waals surface area contributed by atoms with Crippen molar-refractivity contribution in [2.24, 2.45) is 7.05 Å². The number of rotatable bonds is 14. The molecule has 7 heterocycles. The largest absolute Gasteiger partial charge is 1.00 e. The first-order chi connectivity index (χ1) is 60.0. The molecule has 4 aliphatic carbocycles. The van der Waals surface area contributed by atoms with Gasteiger partial charge >= 0.3 is 121 Å². The first-order valence-electron chi connectivity index (χ1n) is 43.9. The van der Waals surface area contributed by atoms with Gasteiger partial charge in [-0.1, -0.05) is 229 Å². The number of halogens is 3. The average molecular weight is 1990 g/mol. The molecule has 4 aliphatic heterocycles. The van der Waals surface area contributed by atoms with E-state index >= 15 is 0 Å². The summed E-state index contributed by atoms with van der Waals surface area (Å²) in [6.45, 7) is 4.96. The van der Waals surface area contributed by atoms with Crippen LogP contribution in [0.15, 0.2) is 154 Å². The second-order valence-corrected chi connectivity index (χ2v) is 33.5. The number of carbonyl (C=O) groups excluding carboxylic acids is 6. The van der Waals surface area contributed by atoms with Gasteiger partial charge in [0, 0.05) is 138 Å². The maximum atomic E-state index is 13.1. The number of H-pyrrole nitrogens is 2. The summed E-state index contributed by atoms with van der Waals surface area (Å²) in [5.41, 5.74) is 11.3. The molecule has 6 N–H and O–H groups in total. The van der Waals surface area contributed by atoms with E-state index in [9.17, 15) is 62.6 Å². The zero-order valence-corrected chi connectivity index (χ0v) is 82.3. The number of carbonyl (C=O) groups is 6. The number of nitrogens with one attached hydrogen (secondary N) is 3. The zero-order chi connectivity index (χ0) is 88.9. The number of para-hydroxylation sites is 8. The summed E-state index contributed by atoms with van der Waals surface area (Å²) in [4.78, 5) is 161. The van der Waals surface area contributed by atoms with Crippen LogP contribution < -0.4 is 109 Å². The van der Waals surface area contributed by atoms with E-state index in [0.29, 0.717) is 137 Å². The molecule has 0 radical (unpaired) electrons. The second-order valence-electron chi connectivity index (χ2n) is 32.8. The van der Waals surface area contributed by atoms with E-state index in [1.54, 1.807) is 49.5 Å². The molecule has 0 saturated heterocycles. The molecular weight excluding hydrogens is 1850 g/mol. The number of nitrogens with two attached hydrogens (primary N) is 1. The van der Waals surface area contributed by atoms with Crippen LogP contribution in [0.2, 0.25) is 0 Å². The Morgan fingerprint density at radius 1 is 0.397 bits per heavy atom. The van der Waals surface area contributed by atoms with Gasteiger partial charge in [0.25, 0.3) is 0 Å². The van der Waals surface area contributed by atoms with E-state index in [1.807, 2.05) is 59.5 Å². The van der Waals surface area contributed by atoms with E-state index in [1.165, 1.54) is 168 Å². The van der Waals surface area contributed by atoms with E-state index in [2.05, 4.69) is 80.7 Å². The Balaban J connectivity index is 0.000000431. The fourth-order valence-electron chi connectivity index (χ4n) is 18.8. The molecule has 4 aromatic carbocycles. The fourth-order valence-corrected chi connectivity index (χ4v) is 18.8. The summed E-state index contributed by atoms with van der Waals surface area (Å²) in [6.07, 6.45) is 36.7. The van der Waals surface area contributed by atoms with Crippen LogP contribution in [0.5, 0.6) is 0 Å². The first kappa shape index (κ1) is 118. The van der Waals surface area contributed by atoms with Gasteiger partial charge in [-0.05, 0) is 128 Å². The molecule has 8 aliphatic rings. The molecule has 0 unspecified atom stereocenters. The number of alkyl halides is 1. The number of hydrogen-bond acceptors (Lipinski definition) is 23. The van der Waals surface area contributed by atoms with Crippen molar-refractivity contribution in [2.75, 3.05) is 89.7 Å². The maximum Gasteiger partial charge on any atom is 1.00 e. The Morgan fingerprint density at radius 2 is 0.679 bits per heavy atom. The molecule has 4 saturated carbocycles. The molecule has 15 rings (SSSR count). The molecule has 0 bridgehead atoms. The number of nitrogens with zero attached hydrogens (tertiary/aromatic N) is 8. The van der Waals surface area contributed by atoms with Crippen molar-refractivity contribution in [2.45, 2.75) is 259 Å². The topological polar surface area (TPSA) is 388 Å². The van der Waals surface area contributed by atoms with E-state index < -0.39 is 61.7 Å². The maximum absolute atomic E-state index is 13.1. The molecule has 3 aromatic heterocycles. The van der Waals surface area contributed by atoms with Crippen molar-refractivity contribution >= 4 is 142 Å². The summed E-state index contributed by atoms with van der Waals surface area (Å²) in [5, 5.41) is 13.1. The molecule has 710 valence electrons. The molecule has 34 heteroatoms. The predicted molar refractivity (Wildman–Crippen MR) is 523 cm³/mol. The normalized spacial score (nSPS) is 17.9. The van der Waals surface area contributed by atoms with Crippen LogP contribution in [0.25, 0.3) is 50.2 Å². The summed E-state index contributed by atoms with van der Waals surface area (Å²) in [5.74, 6) is -2.37. The second kappa shape index (κ2) is 59.5. The minimum Gasteiger partial charge on any atom is -0.870 e. The fraction of sp³-hybridized carbons (Fsp3) is 0.546. The molecule has 0 spiro atoms. The van der Waals surface area contributed by atoms with Crippen LogP contribution in [0.1, 0.15) is 235 Å². The van der Waals surface area contributed by atoms with Crippen molar-refractivity contribution in [3.05, 3.63) is 187 Å². The third-order valence-electron chi connectivity index (χ3n) is 25.3. The average Bonchev–Trinajstić information content (AvgIpc) is 0.745. The smallest absolute Gasteiger partial charge is 0.870 e. The van der Waals surface area contributed by atoms with Gasteiger partial charge in [0.2, 0.25) is 0 Å². The van der Waals surface area contributed by atoms with Crippen molar-refractivity contribution in [1.82, 2.24) is 47.8 Å². The summed E-state index contributed by atoms with van der Waals surface area (Å²) >= 11 is 11.1. The monoisotopic (exact) mass is 1980 g/mol. The standard InChI is InChI=1S/C24H31N3O4.C23H29N3O4.C22H27N3O4.C21H31N3O2.C2Cl2O2.CH3I.4CH4.2Na.H2O/c1-25-20-12-8-9-13-21(20)27(23(29)22(25)28)19-14-15-26(16-18(19)24(30)31-2)17-10-6-4-3-5-7-11-17;1-30-23(29)17-15-25(16-9-5-3-2-4-6-10-16)14-13-19(17)26-20-12-8-7-11-18(20)24-21(27)22(26)28;26-20-21(27)25(19-11-7-6-10-17(19)23-20)18-12-13-24(14-16(18)22(28)29)15-8-4-2-1-3-5-9-15;1-26-21(25)17-15-24(16-9-5-3-2-4-6-10-16)14-13-19(17)23-20-12-8-7-11-18(20)22;3-1(5)2(4)6;1-2;;;;;;;/h8-9,12-13,17H,3-7,10-11,14-16H2,1-2H3;7-8,11-12,16H,2-6,9-10,13-15H2,1H3,(H,24,27);6-7,10-11,15H,1-5,8-9,12-14H2,(H,23,26)(H,28,29);7-8,11-12,16,23H,2-6,9-10,13-15,22H2,1H3;;1H3;4*1H4;;;1H2/q;;;;;;;;;;2*+1;/p-2. The van der Waals surface area contributed by atoms with E-state index in [0.717, 1.165) is 94.4 Å². The number of esters is 3. The molecule has 0 amide bonds. The SMILES string of the molecule is C.C.C.C.CI.COC(=O)C1=C(Nc2ccccc2N)CCN(C2CCCCCCC2)C1.COC(=O)C1=C(n2c(=O)c(=O)[nH]c3ccccc32)CCN(C2CCCCCCC2)C1.COC(=O)C1=C(n2c(=O)c(=O)n(C)c3ccccc32)CCN(C2CCCCCCC2)C1.O=C(Cl)C(=O)Cl.O=C([O-])C1=C(n2c(=O)c(=O)[nH]c3ccccc32)CCN(C2CCCCCCC2)C1.[Na+].[Na+].[OH-]. The van der Waals surface area contributed by atoms with Crippen LogP contribution in [0.4, 0.5) is 11.4 Å². The summed E-state index contributed by atoms with van der Waals surface area (Å²) in [7, 11) is 5.79. The number of benzene rings is 4. The van der Waals surface area contributed by atoms with Gasteiger partial charge in [-0.25, -0.2) is 14.4 Å². The van der Waals surface area contributed by atoms with Gasteiger partial charge in [0.05, 0.1) is 88.5 Å². The Labute approximate surface area is 838 Å². The number of aryl methyl sites for hydroxylation is 1. The molecule has 4 fully saturated rings. The Kier molecular flexibility index (Phi) is 53.4. The van der Waals surface area contributed by atoms with Gasteiger partial charge in [0.1, 0.15) is 0 Å². The first-order valence-corrected chi connectivity index (χ1v) is 46.8. The zero-order valence-electron chi connectivity index (χ0n) is 74.6. The predicted octanol–water partition coefficient (Wildman–Crippen LogP) is 9.14.